The molecular formula is C21H24N4O2. The largest absolute Gasteiger partial charge is 0.481 e. The second-order valence-electron chi connectivity index (χ2n) is 7.41. The van der Waals surface area contributed by atoms with Gasteiger partial charge in [-0.15, -0.1) is 0 Å². The number of benzene rings is 1. The van der Waals surface area contributed by atoms with Gasteiger partial charge in [0.1, 0.15) is 5.82 Å². The zero-order valence-corrected chi connectivity index (χ0v) is 15.2. The molecule has 2 atom stereocenters. The quantitative estimate of drug-likeness (QED) is 0.702. The minimum Gasteiger partial charge on any atom is -0.481 e. The van der Waals surface area contributed by atoms with Crippen molar-refractivity contribution in [3.8, 4) is 0 Å². The predicted octanol–water partition coefficient (Wildman–Crippen LogP) is 3.11. The van der Waals surface area contributed by atoms with Crippen molar-refractivity contribution in [2.75, 3.05) is 13.1 Å². The number of aromatic nitrogens is 3. The van der Waals surface area contributed by atoms with Crippen LogP contribution in [0.25, 0.3) is 11.0 Å². The van der Waals surface area contributed by atoms with E-state index in [-0.39, 0.29) is 18.3 Å². The second kappa shape index (κ2) is 7.88. The van der Waals surface area contributed by atoms with E-state index in [0.29, 0.717) is 0 Å². The molecule has 0 bridgehead atoms. The van der Waals surface area contributed by atoms with Gasteiger partial charge < -0.3 is 10.1 Å². The van der Waals surface area contributed by atoms with E-state index in [2.05, 4.69) is 44.1 Å². The highest BCUT2D eigenvalue weighted by molar-refractivity contribution is 5.73. The van der Waals surface area contributed by atoms with Crippen molar-refractivity contribution in [2.24, 2.45) is 11.8 Å². The second-order valence-corrected chi connectivity index (χ2v) is 7.41. The number of aromatic amines is 1. The third kappa shape index (κ3) is 4.34. The Morgan fingerprint density at radius 3 is 2.85 bits per heavy atom. The Balaban J connectivity index is 1.50. The number of imidazole rings is 1. The Morgan fingerprint density at radius 2 is 2.07 bits per heavy atom. The van der Waals surface area contributed by atoms with Gasteiger partial charge in [-0.1, -0.05) is 30.3 Å². The third-order valence-corrected chi connectivity index (χ3v) is 5.45. The number of carboxylic acids is 1. The molecule has 2 N–H and O–H groups in total. The topological polar surface area (TPSA) is 82.1 Å². The van der Waals surface area contributed by atoms with Crippen LogP contribution in [0.4, 0.5) is 0 Å². The van der Waals surface area contributed by atoms with Crippen LogP contribution in [0, 0.1) is 11.8 Å². The van der Waals surface area contributed by atoms with Crippen molar-refractivity contribution in [2.45, 2.75) is 25.8 Å². The lowest BCUT2D eigenvalue weighted by Gasteiger charge is -2.38. The Hall–Kier alpha value is -2.73. The lowest BCUT2D eigenvalue weighted by atomic mass is 9.81. The van der Waals surface area contributed by atoms with Gasteiger partial charge in [0.25, 0.3) is 0 Å². The summed E-state index contributed by atoms with van der Waals surface area (Å²) in [7, 11) is 0. The molecule has 27 heavy (non-hydrogen) atoms. The van der Waals surface area contributed by atoms with Crippen molar-refractivity contribution in [1.29, 1.82) is 0 Å². The maximum Gasteiger partial charge on any atom is 0.303 e. The van der Waals surface area contributed by atoms with E-state index in [0.717, 1.165) is 49.3 Å². The molecule has 0 unspecified atom stereocenters. The van der Waals surface area contributed by atoms with Crippen molar-refractivity contribution in [1.82, 2.24) is 19.9 Å². The number of carboxylic acid groups (broad SMARTS) is 1. The highest BCUT2D eigenvalue weighted by atomic mass is 16.4. The maximum absolute atomic E-state index is 11.3. The summed E-state index contributed by atoms with van der Waals surface area (Å²) in [4.78, 5) is 25.9. The summed E-state index contributed by atoms with van der Waals surface area (Å²) in [6.45, 7) is 2.73. The molecule has 0 saturated carbocycles. The fourth-order valence-corrected chi connectivity index (χ4v) is 4.12. The molecule has 6 nitrogen and oxygen atoms in total. The monoisotopic (exact) mass is 364 g/mol. The molecule has 1 aliphatic rings. The molecule has 1 fully saturated rings. The molecule has 6 heteroatoms. The zero-order valence-electron chi connectivity index (χ0n) is 15.2. The first-order valence-corrected chi connectivity index (χ1v) is 9.44. The average Bonchev–Trinajstić information content (AvgIpc) is 3.07. The van der Waals surface area contributed by atoms with Crippen molar-refractivity contribution in [3.63, 3.8) is 0 Å². The molecule has 3 heterocycles. The fraction of sp³-hybridized carbons (Fsp3) is 0.381. The first kappa shape index (κ1) is 17.7. The molecule has 1 saturated heterocycles. The predicted molar refractivity (Wildman–Crippen MR) is 103 cm³/mol. The van der Waals surface area contributed by atoms with Gasteiger partial charge in [-0.05, 0) is 36.4 Å². The number of aliphatic carboxylic acids is 1. The molecule has 140 valence electrons. The Labute approximate surface area is 158 Å². The van der Waals surface area contributed by atoms with Crippen molar-refractivity contribution < 1.29 is 9.90 Å². The van der Waals surface area contributed by atoms with E-state index in [9.17, 15) is 9.90 Å². The molecular weight excluding hydrogens is 340 g/mol. The summed E-state index contributed by atoms with van der Waals surface area (Å²) < 4.78 is 0. The molecule has 1 aliphatic heterocycles. The van der Waals surface area contributed by atoms with Gasteiger partial charge in [-0.2, -0.15) is 0 Å². The molecule has 1 aromatic carbocycles. The smallest absolute Gasteiger partial charge is 0.303 e. The zero-order chi connectivity index (χ0) is 18.6. The van der Waals surface area contributed by atoms with E-state index >= 15 is 0 Å². The first-order chi connectivity index (χ1) is 13.2. The minimum atomic E-state index is -0.713. The molecule has 2 aromatic heterocycles. The van der Waals surface area contributed by atoms with Gasteiger partial charge >= 0.3 is 5.97 Å². The SMILES string of the molecule is O=C(O)C[C@@H]1CCN(Cc2ccccc2)C[C@@H]1Cc1nc2ccncc2[nH]1. The molecule has 4 rings (SSSR count). The van der Waals surface area contributed by atoms with Crippen LogP contribution in [0.15, 0.2) is 48.8 Å². The molecule has 0 spiro atoms. The van der Waals surface area contributed by atoms with Crippen LogP contribution < -0.4 is 0 Å². The number of pyridine rings is 1. The van der Waals surface area contributed by atoms with Gasteiger partial charge in [0.05, 0.1) is 17.2 Å². The van der Waals surface area contributed by atoms with Gasteiger partial charge in [0.2, 0.25) is 0 Å². The van der Waals surface area contributed by atoms with Gasteiger partial charge in [-0.3, -0.25) is 14.7 Å². The summed E-state index contributed by atoms with van der Waals surface area (Å²) in [5.41, 5.74) is 3.13. The summed E-state index contributed by atoms with van der Waals surface area (Å²) in [5, 5.41) is 9.32. The highest BCUT2D eigenvalue weighted by Gasteiger charge is 2.31. The molecule has 3 aromatic rings. The number of H-pyrrole nitrogens is 1. The number of likely N-dealkylation sites (tertiary alicyclic amines) is 1. The maximum atomic E-state index is 11.3. The van der Waals surface area contributed by atoms with E-state index in [1.807, 2.05) is 12.1 Å². The van der Waals surface area contributed by atoms with Crippen molar-refractivity contribution in [3.05, 3.63) is 60.2 Å². The number of rotatable bonds is 6. The normalized spacial score (nSPS) is 20.7. The molecule has 0 aliphatic carbocycles. The minimum absolute atomic E-state index is 0.181. The lowest BCUT2D eigenvalue weighted by Crippen LogP contribution is -2.41. The number of fused-ring (bicyclic) bond motifs is 1. The van der Waals surface area contributed by atoms with Gasteiger partial charge in [0.15, 0.2) is 0 Å². The highest BCUT2D eigenvalue weighted by Crippen LogP contribution is 2.30. The van der Waals surface area contributed by atoms with Crippen LogP contribution in [0.3, 0.4) is 0 Å². The first-order valence-electron chi connectivity index (χ1n) is 9.44. The summed E-state index contributed by atoms with van der Waals surface area (Å²) in [6, 6.07) is 12.3. The van der Waals surface area contributed by atoms with E-state index in [1.165, 1.54) is 5.56 Å². The Bertz CT molecular complexity index is 876. The van der Waals surface area contributed by atoms with E-state index in [1.54, 1.807) is 12.4 Å². The van der Waals surface area contributed by atoms with Gasteiger partial charge in [0, 0.05) is 32.1 Å². The number of hydrogen-bond acceptors (Lipinski definition) is 4. The van der Waals surface area contributed by atoms with Crippen LogP contribution in [0.2, 0.25) is 0 Å². The lowest BCUT2D eigenvalue weighted by molar-refractivity contribution is -0.139. The Morgan fingerprint density at radius 1 is 1.22 bits per heavy atom. The summed E-state index contributed by atoms with van der Waals surface area (Å²) >= 11 is 0. The number of nitrogens with zero attached hydrogens (tertiary/aromatic N) is 3. The average molecular weight is 364 g/mol. The fourth-order valence-electron chi connectivity index (χ4n) is 4.12. The Kier molecular flexibility index (Phi) is 5.16. The van der Waals surface area contributed by atoms with E-state index in [4.69, 9.17) is 0 Å². The third-order valence-electron chi connectivity index (χ3n) is 5.45. The molecule has 0 amide bonds. The van der Waals surface area contributed by atoms with Crippen LogP contribution in [0.5, 0.6) is 0 Å². The number of hydrogen-bond donors (Lipinski definition) is 2. The van der Waals surface area contributed by atoms with Crippen LogP contribution in [-0.2, 0) is 17.8 Å². The number of carbonyl (C=O) groups is 1. The van der Waals surface area contributed by atoms with Gasteiger partial charge in [-0.25, -0.2) is 4.98 Å². The van der Waals surface area contributed by atoms with Crippen molar-refractivity contribution >= 4 is 17.0 Å². The summed E-state index contributed by atoms with van der Waals surface area (Å²) in [6.07, 6.45) is 5.42. The van der Waals surface area contributed by atoms with E-state index < -0.39 is 5.97 Å². The number of piperidine rings is 1. The molecule has 0 radical (unpaired) electrons. The van der Waals surface area contributed by atoms with Crippen LogP contribution in [0.1, 0.15) is 24.2 Å². The van der Waals surface area contributed by atoms with Crippen LogP contribution in [-0.4, -0.2) is 44.0 Å². The standard InChI is InChI=1S/C21H24N4O2/c26-21(27)11-16-7-9-25(13-15-4-2-1-3-5-15)14-17(16)10-20-23-18-6-8-22-12-19(18)24-20/h1-6,8,12,16-17H,7,9-11,13-14H2,(H,23,24)(H,26,27)/t16-,17-/m0/s1. The van der Waals surface area contributed by atoms with Crippen LogP contribution >= 0.6 is 0 Å². The number of nitrogens with one attached hydrogen (secondary N) is 1. The summed E-state index contributed by atoms with van der Waals surface area (Å²) in [5.74, 6) is 0.656.